The van der Waals surface area contributed by atoms with E-state index in [9.17, 15) is 9.59 Å². The first-order valence-electron chi connectivity index (χ1n) is 8.77. The summed E-state index contributed by atoms with van der Waals surface area (Å²) in [4.78, 5) is 27.6. The molecule has 0 saturated heterocycles. The molecule has 148 valence electrons. The molecule has 7 heteroatoms. The van der Waals surface area contributed by atoms with Crippen LogP contribution in [0, 0.1) is 13.8 Å². The van der Waals surface area contributed by atoms with Crippen molar-refractivity contribution in [3.8, 4) is 5.69 Å². The Morgan fingerprint density at radius 1 is 1.10 bits per heavy atom. The minimum absolute atomic E-state index is 0.0547. The molecule has 0 saturated carbocycles. The smallest absolute Gasteiger partial charge is 0.340 e. The van der Waals surface area contributed by atoms with E-state index in [-0.39, 0.29) is 10.6 Å². The molecule has 0 fully saturated rings. The number of aromatic nitrogens is 1. The van der Waals surface area contributed by atoms with Gasteiger partial charge in [-0.25, -0.2) is 9.59 Å². The molecule has 3 aromatic rings. The Kier molecular flexibility index (Phi) is 5.84. The molecule has 0 atom stereocenters. The Hall–Kier alpha value is -3.38. The number of aliphatic imine (C=N–C) groups is 1. The number of para-hydroxylation sites is 1. The number of benzene rings is 2. The molecule has 0 radical (unpaired) electrons. The summed E-state index contributed by atoms with van der Waals surface area (Å²) >= 11 is 6.12. The standard InChI is InChI=1S/C22H19ClN2O4/c1-13-10-15(12-24-20-7-5-4-6-18(20)22(28)29-3)14(2)25(13)16-8-9-17(21(26)27)19(23)11-16/h4-12H,1-3H3,(H,26,27). The van der Waals surface area contributed by atoms with E-state index in [4.69, 9.17) is 21.4 Å². The maximum absolute atomic E-state index is 11.9. The highest BCUT2D eigenvalue weighted by Crippen LogP contribution is 2.26. The van der Waals surface area contributed by atoms with E-state index in [1.807, 2.05) is 24.5 Å². The van der Waals surface area contributed by atoms with Gasteiger partial charge in [0.1, 0.15) is 0 Å². The van der Waals surface area contributed by atoms with Gasteiger partial charge >= 0.3 is 11.9 Å². The summed E-state index contributed by atoms with van der Waals surface area (Å²) in [5.74, 6) is -1.52. The third kappa shape index (κ3) is 4.07. The first kappa shape index (κ1) is 20.4. The van der Waals surface area contributed by atoms with Gasteiger partial charge in [0.2, 0.25) is 0 Å². The van der Waals surface area contributed by atoms with Crippen molar-refractivity contribution in [2.24, 2.45) is 4.99 Å². The molecule has 0 aliphatic heterocycles. The van der Waals surface area contributed by atoms with Crippen LogP contribution in [0.3, 0.4) is 0 Å². The lowest BCUT2D eigenvalue weighted by atomic mass is 10.2. The second-order valence-corrected chi connectivity index (χ2v) is 6.81. The molecule has 0 amide bonds. The topological polar surface area (TPSA) is 80.9 Å². The highest BCUT2D eigenvalue weighted by atomic mass is 35.5. The van der Waals surface area contributed by atoms with Crippen molar-refractivity contribution < 1.29 is 19.4 Å². The summed E-state index contributed by atoms with van der Waals surface area (Å²) in [6.45, 7) is 3.87. The SMILES string of the molecule is COC(=O)c1ccccc1N=Cc1cc(C)n(-c2ccc(C(=O)O)c(Cl)c2)c1C. The summed E-state index contributed by atoms with van der Waals surface area (Å²) in [5.41, 5.74) is 4.41. The largest absolute Gasteiger partial charge is 0.478 e. The minimum Gasteiger partial charge on any atom is -0.478 e. The van der Waals surface area contributed by atoms with E-state index >= 15 is 0 Å². The van der Waals surface area contributed by atoms with Crippen molar-refractivity contribution in [1.82, 2.24) is 4.57 Å². The minimum atomic E-state index is -1.07. The van der Waals surface area contributed by atoms with Gasteiger partial charge in [-0.15, -0.1) is 0 Å². The lowest BCUT2D eigenvalue weighted by Crippen LogP contribution is -2.03. The molecular formula is C22H19ClN2O4. The molecule has 0 bridgehead atoms. The second kappa shape index (κ2) is 8.32. The van der Waals surface area contributed by atoms with Gasteiger partial charge in [0.25, 0.3) is 0 Å². The first-order valence-corrected chi connectivity index (χ1v) is 9.15. The Balaban J connectivity index is 1.99. The van der Waals surface area contributed by atoms with E-state index in [1.165, 1.54) is 13.2 Å². The maximum Gasteiger partial charge on any atom is 0.340 e. The second-order valence-electron chi connectivity index (χ2n) is 6.40. The summed E-state index contributed by atoms with van der Waals surface area (Å²) in [6.07, 6.45) is 1.69. The molecule has 6 nitrogen and oxygen atoms in total. The van der Waals surface area contributed by atoms with Gasteiger partial charge in [-0.05, 0) is 50.2 Å². The Morgan fingerprint density at radius 3 is 2.48 bits per heavy atom. The lowest BCUT2D eigenvalue weighted by Gasteiger charge is -2.11. The van der Waals surface area contributed by atoms with Crippen molar-refractivity contribution in [3.63, 3.8) is 0 Å². The zero-order valence-electron chi connectivity index (χ0n) is 16.1. The van der Waals surface area contributed by atoms with E-state index in [1.54, 1.807) is 42.6 Å². The van der Waals surface area contributed by atoms with Gasteiger partial charge < -0.3 is 14.4 Å². The van der Waals surface area contributed by atoms with Crippen LogP contribution in [0.25, 0.3) is 5.69 Å². The monoisotopic (exact) mass is 410 g/mol. The number of nitrogens with zero attached hydrogens (tertiary/aromatic N) is 2. The summed E-state index contributed by atoms with van der Waals surface area (Å²) in [5, 5.41) is 9.33. The number of rotatable bonds is 5. The fourth-order valence-electron chi connectivity index (χ4n) is 3.14. The van der Waals surface area contributed by atoms with Crippen LogP contribution in [0.1, 0.15) is 37.7 Å². The van der Waals surface area contributed by atoms with Gasteiger partial charge in [0.05, 0.1) is 28.9 Å². The van der Waals surface area contributed by atoms with Crippen LogP contribution in [0.2, 0.25) is 5.02 Å². The predicted molar refractivity (Wildman–Crippen MR) is 112 cm³/mol. The van der Waals surface area contributed by atoms with Crippen LogP contribution in [0.15, 0.2) is 53.5 Å². The molecule has 1 aromatic heterocycles. The third-order valence-electron chi connectivity index (χ3n) is 4.56. The number of hydrogen-bond donors (Lipinski definition) is 1. The Morgan fingerprint density at radius 2 is 1.83 bits per heavy atom. The van der Waals surface area contributed by atoms with Crippen LogP contribution in [-0.2, 0) is 4.74 Å². The Labute approximate surface area is 173 Å². The van der Waals surface area contributed by atoms with Gasteiger partial charge in [0.15, 0.2) is 0 Å². The van der Waals surface area contributed by atoms with Crippen molar-refractivity contribution in [3.05, 3.63) is 81.6 Å². The average Bonchev–Trinajstić information content (AvgIpc) is 2.98. The molecule has 0 aliphatic carbocycles. The number of carbonyl (C=O) groups is 2. The van der Waals surface area contributed by atoms with Crippen molar-refractivity contribution in [2.45, 2.75) is 13.8 Å². The van der Waals surface area contributed by atoms with E-state index in [2.05, 4.69) is 4.99 Å². The van der Waals surface area contributed by atoms with E-state index in [0.717, 1.165) is 22.6 Å². The number of ether oxygens (including phenoxy) is 1. The quantitative estimate of drug-likeness (QED) is 0.475. The first-order chi connectivity index (χ1) is 13.8. The number of esters is 1. The molecule has 29 heavy (non-hydrogen) atoms. The molecular weight excluding hydrogens is 392 g/mol. The number of carboxylic acid groups (broad SMARTS) is 1. The summed E-state index contributed by atoms with van der Waals surface area (Å²) < 4.78 is 6.76. The number of methoxy groups -OCH3 is 1. The number of halogens is 1. The predicted octanol–water partition coefficient (Wildman–Crippen LogP) is 4.98. The molecule has 2 aromatic carbocycles. The van der Waals surface area contributed by atoms with Gasteiger partial charge in [-0.2, -0.15) is 0 Å². The van der Waals surface area contributed by atoms with Crippen LogP contribution in [-0.4, -0.2) is 34.9 Å². The maximum atomic E-state index is 11.9. The highest BCUT2D eigenvalue weighted by Gasteiger charge is 2.14. The van der Waals surface area contributed by atoms with Crippen molar-refractivity contribution >= 4 is 35.4 Å². The van der Waals surface area contributed by atoms with Crippen LogP contribution in [0.4, 0.5) is 5.69 Å². The number of aromatic carboxylic acids is 1. The molecule has 1 N–H and O–H groups in total. The van der Waals surface area contributed by atoms with Crippen LogP contribution >= 0.6 is 11.6 Å². The average molecular weight is 411 g/mol. The van der Waals surface area contributed by atoms with Gasteiger partial charge in [0, 0.05) is 28.9 Å². The van der Waals surface area contributed by atoms with Crippen molar-refractivity contribution in [1.29, 1.82) is 0 Å². The highest BCUT2D eigenvalue weighted by molar-refractivity contribution is 6.33. The van der Waals surface area contributed by atoms with E-state index < -0.39 is 11.9 Å². The molecule has 0 spiro atoms. The zero-order valence-corrected chi connectivity index (χ0v) is 16.9. The fourth-order valence-corrected chi connectivity index (χ4v) is 3.40. The third-order valence-corrected chi connectivity index (χ3v) is 4.88. The van der Waals surface area contributed by atoms with Gasteiger partial charge in [-0.1, -0.05) is 23.7 Å². The fraction of sp³-hybridized carbons (Fsp3) is 0.136. The van der Waals surface area contributed by atoms with Crippen LogP contribution < -0.4 is 0 Å². The number of carboxylic acids is 1. The molecule has 1 heterocycles. The molecule has 0 unspecified atom stereocenters. The summed E-state index contributed by atoms with van der Waals surface area (Å²) in [6, 6.07) is 13.7. The normalized spacial score (nSPS) is 11.0. The van der Waals surface area contributed by atoms with Gasteiger partial charge in [-0.3, -0.25) is 4.99 Å². The molecule has 0 aliphatic rings. The lowest BCUT2D eigenvalue weighted by molar-refractivity contribution is 0.0600. The van der Waals surface area contributed by atoms with Crippen molar-refractivity contribution in [2.75, 3.05) is 7.11 Å². The zero-order chi connectivity index (χ0) is 21.1. The summed E-state index contributed by atoms with van der Waals surface area (Å²) in [7, 11) is 1.33. The number of aryl methyl sites for hydroxylation is 1. The molecule has 3 rings (SSSR count). The van der Waals surface area contributed by atoms with Crippen LogP contribution in [0.5, 0.6) is 0 Å². The number of hydrogen-bond acceptors (Lipinski definition) is 4. The Bertz CT molecular complexity index is 1130. The van der Waals surface area contributed by atoms with E-state index in [0.29, 0.717) is 11.3 Å². The number of carbonyl (C=O) groups excluding carboxylic acids is 1.